The van der Waals surface area contributed by atoms with Gasteiger partial charge in [-0.05, 0) is 30.3 Å². The summed E-state index contributed by atoms with van der Waals surface area (Å²) < 4.78 is 13.4. The molecule has 152 valence electrons. The summed E-state index contributed by atoms with van der Waals surface area (Å²) in [6.07, 6.45) is 3.29. The fourth-order valence-electron chi connectivity index (χ4n) is 3.39. The van der Waals surface area contributed by atoms with Gasteiger partial charge in [-0.15, -0.1) is 5.10 Å². The molecule has 0 bridgehead atoms. The molecule has 0 fully saturated rings. The molecule has 0 aliphatic rings. The van der Waals surface area contributed by atoms with E-state index in [1.165, 1.54) is 0 Å². The van der Waals surface area contributed by atoms with Crippen LogP contribution in [0.3, 0.4) is 0 Å². The topological polar surface area (TPSA) is 82.2 Å². The summed E-state index contributed by atoms with van der Waals surface area (Å²) in [4.78, 5) is 13.2. The maximum atomic E-state index is 13.2. The number of fused-ring (bicyclic) bond motifs is 1. The normalized spacial score (nSPS) is 10.8. The number of carbonyl (C=O) groups excluding carboxylic acids is 1. The van der Waals surface area contributed by atoms with Crippen LogP contribution in [0.25, 0.3) is 16.7 Å². The van der Waals surface area contributed by atoms with E-state index in [0.717, 1.165) is 11.1 Å². The standard InChI is InChI=1S/C24H18N4O3/c29-24(26-20-11-5-6-12-21(20)28-15-14-25-27-28)23-19(16-30-17-8-2-1-3-9-17)18-10-4-7-13-22(18)31-23/h1-15H,16H2,(H,26,29). The molecule has 2 heterocycles. The van der Waals surface area contributed by atoms with Gasteiger partial charge >= 0.3 is 0 Å². The van der Waals surface area contributed by atoms with E-state index in [2.05, 4.69) is 15.6 Å². The number of hydrogen-bond acceptors (Lipinski definition) is 5. The maximum Gasteiger partial charge on any atom is 0.291 e. The van der Waals surface area contributed by atoms with Crippen molar-refractivity contribution >= 4 is 22.6 Å². The first-order chi connectivity index (χ1) is 15.3. The summed E-state index contributed by atoms with van der Waals surface area (Å²) >= 11 is 0. The molecule has 7 heteroatoms. The van der Waals surface area contributed by atoms with Crippen molar-refractivity contribution in [1.82, 2.24) is 15.0 Å². The fourth-order valence-corrected chi connectivity index (χ4v) is 3.39. The van der Waals surface area contributed by atoms with Gasteiger partial charge in [-0.3, -0.25) is 4.79 Å². The van der Waals surface area contributed by atoms with Crippen molar-refractivity contribution in [2.75, 3.05) is 5.32 Å². The molecule has 1 amide bonds. The number of aromatic nitrogens is 3. The molecular formula is C24H18N4O3. The number of carbonyl (C=O) groups is 1. The Morgan fingerprint density at radius 3 is 2.58 bits per heavy atom. The first-order valence-corrected chi connectivity index (χ1v) is 9.75. The second-order valence-corrected chi connectivity index (χ2v) is 6.83. The number of benzene rings is 3. The van der Waals surface area contributed by atoms with E-state index in [4.69, 9.17) is 9.15 Å². The lowest BCUT2D eigenvalue weighted by atomic mass is 10.1. The first-order valence-electron chi connectivity index (χ1n) is 9.75. The minimum atomic E-state index is -0.365. The van der Waals surface area contributed by atoms with Gasteiger partial charge in [0.1, 0.15) is 17.9 Å². The Labute approximate surface area is 177 Å². The SMILES string of the molecule is O=C(Nc1ccccc1-n1ccnn1)c1oc2ccccc2c1COc1ccccc1. The van der Waals surface area contributed by atoms with Crippen LogP contribution in [-0.2, 0) is 6.61 Å². The minimum absolute atomic E-state index is 0.203. The van der Waals surface area contributed by atoms with Gasteiger partial charge in [0.25, 0.3) is 5.91 Å². The Bertz CT molecular complexity index is 1330. The summed E-state index contributed by atoms with van der Waals surface area (Å²) in [5, 5.41) is 11.6. The highest BCUT2D eigenvalue weighted by atomic mass is 16.5. The molecule has 31 heavy (non-hydrogen) atoms. The van der Waals surface area contributed by atoms with Crippen LogP contribution in [0.4, 0.5) is 5.69 Å². The number of nitrogens with zero attached hydrogens (tertiary/aromatic N) is 3. The monoisotopic (exact) mass is 410 g/mol. The average Bonchev–Trinajstić information content (AvgIpc) is 3.47. The van der Waals surface area contributed by atoms with E-state index in [-0.39, 0.29) is 18.3 Å². The van der Waals surface area contributed by atoms with Crippen LogP contribution < -0.4 is 10.1 Å². The molecule has 0 atom stereocenters. The van der Waals surface area contributed by atoms with Crippen LogP contribution in [0, 0.1) is 0 Å². The third-order valence-corrected chi connectivity index (χ3v) is 4.85. The molecule has 0 radical (unpaired) electrons. The van der Waals surface area contributed by atoms with Crippen molar-refractivity contribution < 1.29 is 13.9 Å². The first kappa shape index (κ1) is 18.6. The number of para-hydroxylation sites is 4. The number of amides is 1. The number of hydrogen-bond donors (Lipinski definition) is 1. The lowest BCUT2D eigenvalue weighted by Gasteiger charge is -2.11. The van der Waals surface area contributed by atoms with Crippen LogP contribution in [-0.4, -0.2) is 20.9 Å². The number of nitrogens with one attached hydrogen (secondary N) is 1. The van der Waals surface area contributed by atoms with Crippen LogP contribution >= 0.6 is 0 Å². The molecule has 0 saturated carbocycles. The smallest absolute Gasteiger partial charge is 0.291 e. The lowest BCUT2D eigenvalue weighted by Crippen LogP contribution is -2.15. The van der Waals surface area contributed by atoms with E-state index in [9.17, 15) is 4.79 Å². The van der Waals surface area contributed by atoms with Crippen LogP contribution in [0.2, 0.25) is 0 Å². The summed E-state index contributed by atoms with van der Waals surface area (Å²) in [5.41, 5.74) is 2.61. The Hall–Kier alpha value is -4.39. The molecule has 2 aromatic heterocycles. The quantitative estimate of drug-likeness (QED) is 0.433. The van der Waals surface area contributed by atoms with Crippen LogP contribution in [0.1, 0.15) is 16.1 Å². The molecule has 0 unspecified atom stereocenters. The van der Waals surface area contributed by atoms with Gasteiger partial charge in [-0.25, -0.2) is 4.68 Å². The Kier molecular flexibility index (Phi) is 4.90. The molecule has 7 nitrogen and oxygen atoms in total. The predicted molar refractivity (Wildman–Crippen MR) is 116 cm³/mol. The van der Waals surface area contributed by atoms with Crippen molar-refractivity contribution in [2.24, 2.45) is 0 Å². The van der Waals surface area contributed by atoms with Gasteiger partial charge in [0.2, 0.25) is 0 Å². The van der Waals surface area contributed by atoms with Gasteiger partial charge in [0.15, 0.2) is 5.76 Å². The molecule has 3 aromatic carbocycles. The van der Waals surface area contributed by atoms with Gasteiger partial charge in [0, 0.05) is 10.9 Å². The zero-order valence-corrected chi connectivity index (χ0v) is 16.4. The van der Waals surface area contributed by atoms with Crippen molar-refractivity contribution in [3.05, 3.63) is 103 Å². The van der Waals surface area contributed by atoms with Crippen molar-refractivity contribution in [2.45, 2.75) is 6.61 Å². The molecule has 5 aromatic rings. The number of anilines is 1. The number of rotatable bonds is 6. The third-order valence-electron chi connectivity index (χ3n) is 4.85. The zero-order valence-electron chi connectivity index (χ0n) is 16.4. The Morgan fingerprint density at radius 2 is 1.74 bits per heavy atom. The lowest BCUT2D eigenvalue weighted by molar-refractivity contribution is 0.0995. The van der Waals surface area contributed by atoms with E-state index >= 15 is 0 Å². The van der Waals surface area contributed by atoms with Crippen molar-refractivity contribution in [3.8, 4) is 11.4 Å². The molecule has 0 aliphatic heterocycles. The average molecular weight is 410 g/mol. The van der Waals surface area contributed by atoms with E-state index in [1.807, 2.05) is 72.8 Å². The Morgan fingerprint density at radius 1 is 0.968 bits per heavy atom. The Balaban J connectivity index is 1.48. The molecule has 0 saturated heterocycles. The summed E-state index contributed by atoms with van der Waals surface area (Å²) in [6.45, 7) is 0.203. The van der Waals surface area contributed by atoms with Crippen LogP contribution in [0.15, 0.2) is 95.7 Å². The van der Waals surface area contributed by atoms with Crippen LogP contribution in [0.5, 0.6) is 5.75 Å². The minimum Gasteiger partial charge on any atom is -0.489 e. The molecule has 0 aliphatic carbocycles. The highest BCUT2D eigenvalue weighted by molar-refractivity contribution is 6.07. The van der Waals surface area contributed by atoms with Gasteiger partial charge in [-0.2, -0.15) is 0 Å². The summed E-state index contributed by atoms with van der Waals surface area (Å²) in [6, 6.07) is 24.4. The summed E-state index contributed by atoms with van der Waals surface area (Å²) in [5.74, 6) is 0.566. The molecule has 5 rings (SSSR count). The summed E-state index contributed by atoms with van der Waals surface area (Å²) in [7, 11) is 0. The molecule has 0 spiro atoms. The van der Waals surface area contributed by atoms with E-state index < -0.39 is 0 Å². The van der Waals surface area contributed by atoms with E-state index in [1.54, 1.807) is 23.1 Å². The zero-order chi connectivity index (χ0) is 21.0. The fraction of sp³-hybridized carbons (Fsp3) is 0.0417. The molecular weight excluding hydrogens is 392 g/mol. The highest BCUT2D eigenvalue weighted by Crippen LogP contribution is 2.29. The highest BCUT2D eigenvalue weighted by Gasteiger charge is 2.22. The maximum absolute atomic E-state index is 13.2. The largest absolute Gasteiger partial charge is 0.489 e. The van der Waals surface area contributed by atoms with Gasteiger partial charge in [-0.1, -0.05) is 53.7 Å². The van der Waals surface area contributed by atoms with Crippen molar-refractivity contribution in [3.63, 3.8) is 0 Å². The predicted octanol–water partition coefficient (Wildman–Crippen LogP) is 4.84. The van der Waals surface area contributed by atoms with Crippen molar-refractivity contribution in [1.29, 1.82) is 0 Å². The second-order valence-electron chi connectivity index (χ2n) is 6.83. The third kappa shape index (κ3) is 3.76. The molecule has 1 N–H and O–H groups in total. The number of ether oxygens (including phenoxy) is 1. The second kappa shape index (κ2) is 8.16. The number of furan rings is 1. The van der Waals surface area contributed by atoms with E-state index in [0.29, 0.717) is 22.5 Å². The van der Waals surface area contributed by atoms with Gasteiger partial charge < -0.3 is 14.5 Å². The van der Waals surface area contributed by atoms with Gasteiger partial charge in [0.05, 0.1) is 23.8 Å².